The van der Waals surface area contributed by atoms with E-state index in [4.69, 9.17) is 9.47 Å². The molecule has 0 unspecified atom stereocenters. The summed E-state index contributed by atoms with van der Waals surface area (Å²) in [5.41, 5.74) is 3.78. The van der Waals surface area contributed by atoms with E-state index in [1.807, 2.05) is 6.92 Å². The fraction of sp³-hybridized carbons (Fsp3) is 0.125. The second-order valence-corrected chi connectivity index (χ2v) is 6.71. The number of nitrogens with one attached hydrogen (secondary N) is 2. The van der Waals surface area contributed by atoms with Crippen LogP contribution in [0.2, 0.25) is 0 Å². The molecule has 3 rings (SSSR count). The van der Waals surface area contributed by atoms with E-state index >= 15 is 0 Å². The van der Waals surface area contributed by atoms with E-state index in [0.717, 1.165) is 17.7 Å². The largest absolute Gasteiger partial charge is 0.490 e. The van der Waals surface area contributed by atoms with Gasteiger partial charge in [0.05, 0.1) is 12.8 Å². The van der Waals surface area contributed by atoms with E-state index in [2.05, 4.69) is 15.8 Å². The molecule has 0 fully saturated rings. The fourth-order valence-corrected chi connectivity index (χ4v) is 2.67. The highest BCUT2D eigenvalue weighted by atomic mass is 19.1. The molecular formula is C24H21F2N3O4. The van der Waals surface area contributed by atoms with Crippen LogP contribution in [-0.4, -0.2) is 24.6 Å². The molecule has 2 amide bonds. The molecule has 3 aromatic rings. The van der Waals surface area contributed by atoms with Crippen molar-refractivity contribution in [3.8, 4) is 11.5 Å². The highest BCUT2D eigenvalue weighted by Gasteiger charge is 2.13. The molecule has 0 spiro atoms. The lowest BCUT2D eigenvalue weighted by Crippen LogP contribution is -2.32. The maximum Gasteiger partial charge on any atom is 0.329 e. The number of hydrogen-bond donors (Lipinski definition) is 2. The van der Waals surface area contributed by atoms with Gasteiger partial charge in [0.1, 0.15) is 18.2 Å². The zero-order valence-electron chi connectivity index (χ0n) is 17.7. The van der Waals surface area contributed by atoms with Gasteiger partial charge in [-0.1, -0.05) is 12.1 Å². The van der Waals surface area contributed by atoms with Crippen molar-refractivity contribution in [3.05, 3.63) is 89.5 Å². The molecule has 2 N–H and O–H groups in total. The Balaban J connectivity index is 1.58. The summed E-state index contributed by atoms with van der Waals surface area (Å²) in [5, 5.41) is 6.11. The quantitative estimate of drug-likeness (QED) is 0.306. The lowest BCUT2D eigenvalue weighted by Gasteiger charge is -2.12. The molecule has 9 heteroatoms. The predicted molar refractivity (Wildman–Crippen MR) is 119 cm³/mol. The molecule has 0 bridgehead atoms. The molecule has 0 aliphatic heterocycles. The van der Waals surface area contributed by atoms with Gasteiger partial charge in [0.15, 0.2) is 11.5 Å². The number of anilines is 1. The van der Waals surface area contributed by atoms with Crippen molar-refractivity contribution in [2.75, 3.05) is 11.9 Å². The van der Waals surface area contributed by atoms with Gasteiger partial charge in [0.2, 0.25) is 0 Å². The summed E-state index contributed by atoms with van der Waals surface area (Å²) in [5.74, 6) is -1.76. The first-order valence-electron chi connectivity index (χ1n) is 9.98. The molecule has 0 heterocycles. The molecule has 7 nitrogen and oxygen atoms in total. The van der Waals surface area contributed by atoms with Gasteiger partial charge in [-0.05, 0) is 72.6 Å². The van der Waals surface area contributed by atoms with Gasteiger partial charge in [-0.25, -0.2) is 14.2 Å². The van der Waals surface area contributed by atoms with Gasteiger partial charge in [0.25, 0.3) is 0 Å². The van der Waals surface area contributed by atoms with Crippen LogP contribution in [0.5, 0.6) is 11.5 Å². The Morgan fingerprint density at radius 1 is 0.879 bits per heavy atom. The molecule has 0 aromatic heterocycles. The number of rotatable bonds is 8. The molecule has 0 saturated heterocycles. The summed E-state index contributed by atoms with van der Waals surface area (Å²) in [6.45, 7) is 2.45. The fourth-order valence-electron chi connectivity index (χ4n) is 2.67. The number of nitrogens with zero attached hydrogens (tertiary/aromatic N) is 1. The van der Waals surface area contributed by atoms with Crippen LogP contribution in [0.4, 0.5) is 14.5 Å². The summed E-state index contributed by atoms with van der Waals surface area (Å²) in [7, 11) is 0. The van der Waals surface area contributed by atoms with Crippen LogP contribution >= 0.6 is 0 Å². The lowest BCUT2D eigenvalue weighted by molar-refractivity contribution is -0.136. The third kappa shape index (κ3) is 7.13. The van der Waals surface area contributed by atoms with E-state index in [9.17, 15) is 18.4 Å². The van der Waals surface area contributed by atoms with Gasteiger partial charge in [-0.2, -0.15) is 5.10 Å². The minimum atomic E-state index is -0.986. The van der Waals surface area contributed by atoms with Crippen LogP contribution in [0.15, 0.2) is 71.8 Å². The Bertz CT molecular complexity index is 1130. The van der Waals surface area contributed by atoms with Crippen molar-refractivity contribution in [1.29, 1.82) is 0 Å². The topological polar surface area (TPSA) is 89.0 Å². The third-order valence-corrected chi connectivity index (χ3v) is 4.26. The zero-order valence-corrected chi connectivity index (χ0v) is 17.7. The maximum absolute atomic E-state index is 13.0. The smallest absolute Gasteiger partial charge is 0.329 e. The number of carbonyl (C=O) groups excluding carboxylic acids is 2. The third-order valence-electron chi connectivity index (χ3n) is 4.26. The molecular weight excluding hydrogens is 432 g/mol. The van der Waals surface area contributed by atoms with Crippen LogP contribution in [0, 0.1) is 11.6 Å². The highest BCUT2D eigenvalue weighted by Crippen LogP contribution is 2.29. The van der Waals surface area contributed by atoms with E-state index in [1.165, 1.54) is 30.5 Å². The summed E-state index contributed by atoms with van der Waals surface area (Å²) in [6, 6.07) is 16.0. The monoisotopic (exact) mass is 453 g/mol. The van der Waals surface area contributed by atoms with E-state index in [0.29, 0.717) is 23.7 Å². The maximum atomic E-state index is 13.0. The van der Waals surface area contributed by atoms with Gasteiger partial charge in [-0.3, -0.25) is 9.59 Å². The molecule has 0 radical (unpaired) electrons. The summed E-state index contributed by atoms with van der Waals surface area (Å²) < 4.78 is 37.3. The number of hydrazone groups is 1. The zero-order chi connectivity index (χ0) is 23.6. The van der Waals surface area contributed by atoms with Gasteiger partial charge >= 0.3 is 11.8 Å². The summed E-state index contributed by atoms with van der Waals surface area (Å²) in [4.78, 5) is 23.8. The van der Waals surface area contributed by atoms with Crippen LogP contribution < -0.4 is 20.2 Å². The minimum absolute atomic E-state index is 0.229. The highest BCUT2D eigenvalue weighted by molar-refractivity contribution is 6.39. The van der Waals surface area contributed by atoms with Crippen molar-refractivity contribution in [2.24, 2.45) is 5.10 Å². The average Bonchev–Trinajstić information content (AvgIpc) is 2.81. The van der Waals surface area contributed by atoms with Crippen LogP contribution in [0.1, 0.15) is 18.1 Å². The Hall–Kier alpha value is -4.27. The molecule has 3 aromatic carbocycles. The molecule has 33 heavy (non-hydrogen) atoms. The molecule has 170 valence electrons. The second kappa shape index (κ2) is 11.4. The first-order valence-corrected chi connectivity index (χ1v) is 9.98. The number of carbonyl (C=O) groups is 2. The Morgan fingerprint density at radius 3 is 2.21 bits per heavy atom. The first kappa shape index (κ1) is 23.4. The standard InChI is InChI=1S/C24H21F2N3O4/c1-2-32-22-13-17(5-12-21(22)33-15-16-3-6-18(25)7-4-16)14-27-29-24(31)23(30)28-20-10-8-19(26)9-11-20/h3-14H,2,15H2,1H3,(H,28,30)(H,29,31)/b27-14+. The number of benzene rings is 3. The van der Waals surface area contributed by atoms with Crippen LogP contribution in [0.3, 0.4) is 0 Å². The van der Waals surface area contributed by atoms with Crippen LogP contribution in [-0.2, 0) is 16.2 Å². The van der Waals surface area contributed by atoms with E-state index in [1.54, 1.807) is 30.3 Å². The SMILES string of the molecule is CCOc1cc(/C=N/NC(=O)C(=O)Nc2ccc(F)cc2)ccc1OCc1ccc(F)cc1. The first-order chi connectivity index (χ1) is 15.9. The Kier molecular flexibility index (Phi) is 8.07. The number of halogens is 2. The number of amides is 2. The Morgan fingerprint density at radius 2 is 1.55 bits per heavy atom. The van der Waals surface area contributed by atoms with Crippen molar-refractivity contribution >= 4 is 23.7 Å². The lowest BCUT2D eigenvalue weighted by atomic mass is 10.2. The predicted octanol–water partition coefficient (Wildman–Crippen LogP) is 4.03. The van der Waals surface area contributed by atoms with Gasteiger partial charge in [-0.15, -0.1) is 0 Å². The van der Waals surface area contributed by atoms with Crippen molar-refractivity contribution in [3.63, 3.8) is 0 Å². The normalized spacial score (nSPS) is 10.6. The van der Waals surface area contributed by atoms with E-state index < -0.39 is 17.6 Å². The van der Waals surface area contributed by atoms with E-state index in [-0.39, 0.29) is 18.1 Å². The average molecular weight is 453 g/mol. The molecule has 0 aliphatic carbocycles. The summed E-state index contributed by atoms with van der Waals surface area (Å²) in [6.07, 6.45) is 1.34. The molecule has 0 atom stereocenters. The van der Waals surface area contributed by atoms with Crippen LogP contribution in [0.25, 0.3) is 0 Å². The van der Waals surface area contributed by atoms with Crippen molar-refractivity contribution in [1.82, 2.24) is 5.43 Å². The number of hydrogen-bond acceptors (Lipinski definition) is 5. The molecule has 0 saturated carbocycles. The molecule has 0 aliphatic rings. The van der Waals surface area contributed by atoms with Crippen molar-refractivity contribution in [2.45, 2.75) is 13.5 Å². The Labute approximate surface area is 189 Å². The number of ether oxygens (including phenoxy) is 2. The van der Waals surface area contributed by atoms with Gasteiger partial charge in [0, 0.05) is 5.69 Å². The minimum Gasteiger partial charge on any atom is -0.490 e. The second-order valence-electron chi connectivity index (χ2n) is 6.71. The van der Waals surface area contributed by atoms with Crippen molar-refractivity contribution < 1.29 is 27.8 Å². The summed E-state index contributed by atoms with van der Waals surface area (Å²) >= 11 is 0. The van der Waals surface area contributed by atoms with Gasteiger partial charge < -0.3 is 14.8 Å².